The largest absolute Gasteiger partial charge is 0.255 e. The van der Waals surface area contributed by atoms with E-state index in [-0.39, 0.29) is 0 Å². The highest BCUT2D eigenvalue weighted by atomic mass is 32.2. The first kappa shape index (κ1) is 11.1. The van der Waals surface area contributed by atoms with Crippen molar-refractivity contribution >= 4 is 20.7 Å². The normalized spacial score (nSPS) is 12.2. The Bertz CT molecular complexity index is 612. The highest BCUT2D eigenvalue weighted by molar-refractivity contribution is 7.92. The molecule has 0 amide bonds. The van der Waals surface area contributed by atoms with Gasteiger partial charge in [-0.25, -0.2) is 8.42 Å². The average molecular weight is 235 g/mol. The maximum Gasteiger partial charge on any atom is 0.182 e. The lowest BCUT2D eigenvalue weighted by Crippen LogP contribution is -2.14. The van der Waals surface area contributed by atoms with Crippen molar-refractivity contribution in [1.29, 1.82) is 0 Å². The first-order valence-electron chi connectivity index (χ1n) is 5.11. The van der Waals surface area contributed by atoms with Gasteiger partial charge in [0.15, 0.2) is 9.84 Å². The molecule has 0 atom stereocenters. The Morgan fingerprint density at radius 3 is 2.50 bits per heavy atom. The lowest BCUT2D eigenvalue weighted by atomic mass is 10.2. The summed E-state index contributed by atoms with van der Waals surface area (Å²) in [5.74, 6) is 0. The Morgan fingerprint density at radius 2 is 1.81 bits per heavy atom. The molecule has 1 heterocycles. The van der Waals surface area contributed by atoms with Crippen LogP contribution in [0.4, 0.5) is 0 Å². The average Bonchev–Trinajstić information content (AvgIpc) is 2.28. The molecule has 4 heteroatoms. The van der Waals surface area contributed by atoms with Crippen LogP contribution in [0.1, 0.15) is 13.8 Å². The molecule has 0 saturated carbocycles. The maximum atomic E-state index is 12.1. The predicted molar refractivity (Wildman–Crippen MR) is 64.1 cm³/mol. The minimum Gasteiger partial charge on any atom is -0.255 e. The Balaban J connectivity index is 2.80. The van der Waals surface area contributed by atoms with Gasteiger partial charge < -0.3 is 0 Å². The van der Waals surface area contributed by atoms with Gasteiger partial charge in [-0.1, -0.05) is 18.2 Å². The topological polar surface area (TPSA) is 47.0 Å². The van der Waals surface area contributed by atoms with Gasteiger partial charge in [0.1, 0.15) is 0 Å². The third-order valence-electron chi connectivity index (χ3n) is 2.52. The van der Waals surface area contributed by atoms with Crippen molar-refractivity contribution in [3.63, 3.8) is 0 Å². The number of rotatable bonds is 2. The summed E-state index contributed by atoms with van der Waals surface area (Å²) in [4.78, 5) is 4.47. The van der Waals surface area contributed by atoms with Crippen LogP contribution in [0.5, 0.6) is 0 Å². The van der Waals surface area contributed by atoms with E-state index in [1.165, 1.54) is 0 Å². The van der Waals surface area contributed by atoms with Crippen molar-refractivity contribution in [1.82, 2.24) is 4.98 Å². The number of hydrogen-bond acceptors (Lipinski definition) is 3. The molecule has 1 aromatic carbocycles. The van der Waals surface area contributed by atoms with E-state index < -0.39 is 15.1 Å². The summed E-state index contributed by atoms with van der Waals surface area (Å²) in [6, 6.07) is 8.89. The molecule has 0 unspecified atom stereocenters. The Hall–Kier alpha value is -1.42. The molecule has 0 N–H and O–H groups in total. The summed E-state index contributed by atoms with van der Waals surface area (Å²) in [7, 11) is -3.27. The van der Waals surface area contributed by atoms with Gasteiger partial charge in [0.2, 0.25) is 0 Å². The minimum atomic E-state index is -3.27. The highest BCUT2D eigenvalue weighted by Gasteiger charge is 2.21. The second kappa shape index (κ2) is 3.87. The molecule has 0 aliphatic heterocycles. The molecule has 0 spiro atoms. The molecule has 0 radical (unpaired) electrons. The van der Waals surface area contributed by atoms with E-state index in [4.69, 9.17) is 0 Å². The number of pyridine rings is 1. The van der Waals surface area contributed by atoms with Gasteiger partial charge >= 0.3 is 0 Å². The van der Waals surface area contributed by atoms with Crippen LogP contribution in [0.25, 0.3) is 10.9 Å². The molecule has 2 aromatic rings. The van der Waals surface area contributed by atoms with Gasteiger partial charge in [0.05, 0.1) is 15.7 Å². The zero-order chi connectivity index (χ0) is 11.8. The van der Waals surface area contributed by atoms with Crippen molar-refractivity contribution < 1.29 is 8.42 Å². The Morgan fingerprint density at radius 1 is 1.12 bits per heavy atom. The summed E-state index contributed by atoms with van der Waals surface area (Å²) in [5, 5.41) is 0.421. The van der Waals surface area contributed by atoms with Crippen molar-refractivity contribution in [3.8, 4) is 0 Å². The second-order valence-electron chi connectivity index (χ2n) is 3.93. The molecule has 0 aliphatic carbocycles. The van der Waals surface area contributed by atoms with Crippen LogP contribution in [0.2, 0.25) is 0 Å². The molecule has 2 rings (SSSR count). The summed E-state index contributed by atoms with van der Waals surface area (Å²) >= 11 is 0. The first-order chi connectivity index (χ1) is 7.53. The van der Waals surface area contributed by atoms with Gasteiger partial charge in [-0.05, 0) is 26.0 Å². The summed E-state index contributed by atoms with van der Waals surface area (Å²) in [6.07, 6.45) is 1.61. The quantitative estimate of drug-likeness (QED) is 0.803. The van der Waals surface area contributed by atoms with Gasteiger partial charge in [-0.2, -0.15) is 0 Å². The van der Waals surface area contributed by atoms with E-state index in [0.29, 0.717) is 10.4 Å². The Labute approximate surface area is 95.1 Å². The molecule has 84 valence electrons. The number of hydrogen-bond donors (Lipinski definition) is 0. The number of sulfone groups is 1. The minimum absolute atomic E-state index is 0.320. The smallest absolute Gasteiger partial charge is 0.182 e. The number of benzene rings is 1. The molecule has 1 aromatic heterocycles. The fraction of sp³-hybridized carbons (Fsp3) is 0.250. The number of para-hydroxylation sites is 1. The van der Waals surface area contributed by atoms with Crippen LogP contribution in [0, 0.1) is 0 Å². The van der Waals surface area contributed by atoms with Gasteiger partial charge in [0, 0.05) is 11.6 Å². The molecule has 0 aliphatic rings. The predicted octanol–water partition coefficient (Wildman–Crippen LogP) is 2.42. The summed E-state index contributed by atoms with van der Waals surface area (Å²) in [6.45, 7) is 3.36. The van der Waals surface area contributed by atoms with E-state index in [1.807, 2.05) is 12.1 Å². The van der Waals surface area contributed by atoms with Gasteiger partial charge in [-0.15, -0.1) is 0 Å². The van der Waals surface area contributed by atoms with Crippen LogP contribution >= 0.6 is 0 Å². The van der Waals surface area contributed by atoms with Crippen LogP contribution in [-0.2, 0) is 9.84 Å². The zero-order valence-electron chi connectivity index (χ0n) is 9.21. The summed E-state index contributed by atoms with van der Waals surface area (Å²) < 4.78 is 24.2. The zero-order valence-corrected chi connectivity index (χ0v) is 10.0. The number of aromatic nitrogens is 1. The van der Waals surface area contributed by atoms with E-state index in [2.05, 4.69) is 4.98 Å². The van der Waals surface area contributed by atoms with E-state index >= 15 is 0 Å². The fourth-order valence-corrected chi connectivity index (χ4v) is 2.78. The van der Waals surface area contributed by atoms with E-state index in [9.17, 15) is 8.42 Å². The highest BCUT2D eigenvalue weighted by Crippen LogP contribution is 2.23. The van der Waals surface area contributed by atoms with Crippen molar-refractivity contribution in [2.24, 2.45) is 0 Å². The van der Waals surface area contributed by atoms with Crippen LogP contribution in [0.15, 0.2) is 41.4 Å². The lowest BCUT2D eigenvalue weighted by molar-refractivity contribution is 0.588. The first-order valence-corrected chi connectivity index (χ1v) is 6.66. The number of nitrogens with zero attached hydrogens (tertiary/aromatic N) is 1. The third-order valence-corrected chi connectivity index (χ3v) is 4.71. The fourth-order valence-electron chi connectivity index (χ4n) is 1.56. The third kappa shape index (κ3) is 1.69. The molecular weight excluding hydrogens is 222 g/mol. The lowest BCUT2D eigenvalue weighted by Gasteiger charge is -2.09. The monoisotopic (exact) mass is 235 g/mol. The SMILES string of the molecule is CC(C)S(=O)(=O)c1cccc2cccnc12. The van der Waals surface area contributed by atoms with Gasteiger partial charge in [0.25, 0.3) is 0 Å². The Kier molecular flexibility index (Phi) is 2.68. The van der Waals surface area contributed by atoms with E-state index in [0.717, 1.165) is 5.39 Å². The second-order valence-corrected chi connectivity index (χ2v) is 6.40. The van der Waals surface area contributed by atoms with Crippen LogP contribution < -0.4 is 0 Å². The van der Waals surface area contributed by atoms with Crippen LogP contribution in [0.3, 0.4) is 0 Å². The maximum absolute atomic E-state index is 12.1. The van der Waals surface area contributed by atoms with Gasteiger partial charge in [-0.3, -0.25) is 4.98 Å². The van der Waals surface area contributed by atoms with Crippen molar-refractivity contribution in [2.45, 2.75) is 24.0 Å². The van der Waals surface area contributed by atoms with Crippen molar-refractivity contribution in [3.05, 3.63) is 36.5 Å². The van der Waals surface area contributed by atoms with Crippen LogP contribution in [-0.4, -0.2) is 18.7 Å². The molecule has 3 nitrogen and oxygen atoms in total. The molecule has 0 saturated heterocycles. The van der Waals surface area contributed by atoms with E-state index in [1.54, 1.807) is 38.2 Å². The van der Waals surface area contributed by atoms with Crippen molar-refractivity contribution in [2.75, 3.05) is 0 Å². The molecule has 0 bridgehead atoms. The number of fused-ring (bicyclic) bond motifs is 1. The summed E-state index contributed by atoms with van der Waals surface area (Å²) in [5.41, 5.74) is 0.554. The molecule has 0 fully saturated rings. The molecule has 16 heavy (non-hydrogen) atoms. The molecular formula is C12H13NO2S. The standard InChI is InChI=1S/C12H13NO2S/c1-9(2)16(14,15)11-7-3-5-10-6-4-8-13-12(10)11/h3-9H,1-2H3.